The lowest BCUT2D eigenvalue weighted by Crippen LogP contribution is -2.45. The Hall–Kier alpha value is -1.14. The van der Waals surface area contributed by atoms with Crippen molar-refractivity contribution < 1.29 is 19.8 Å². The van der Waals surface area contributed by atoms with Crippen LogP contribution in [0.4, 0.5) is 0 Å². The smallest absolute Gasteiger partial charge is 0.326 e. The molecule has 1 amide bonds. The van der Waals surface area contributed by atoms with E-state index in [9.17, 15) is 14.7 Å². The fraction of sp³-hybridized carbons (Fsp3) is 0.833. The number of carbonyl (C=O) groups is 2. The minimum atomic E-state index is -1.07. The van der Waals surface area contributed by atoms with Crippen molar-refractivity contribution in [1.82, 2.24) is 4.90 Å². The summed E-state index contributed by atoms with van der Waals surface area (Å²) in [5, 5.41) is 18.6. The molecule has 0 aromatic heterocycles. The lowest BCUT2D eigenvalue weighted by Gasteiger charge is -2.26. The van der Waals surface area contributed by atoms with Crippen molar-refractivity contribution >= 4 is 11.9 Å². The first-order valence-corrected chi connectivity index (χ1v) is 6.28. The van der Waals surface area contributed by atoms with Crippen LogP contribution in [0, 0.1) is 11.8 Å². The molecule has 0 bridgehead atoms. The molecule has 2 unspecified atom stereocenters. The zero-order chi connectivity index (χ0) is 13.9. The summed E-state index contributed by atoms with van der Waals surface area (Å²) in [6, 6.07) is -0.922. The third kappa shape index (κ3) is 3.43. The fourth-order valence-electron chi connectivity index (χ4n) is 2.39. The van der Waals surface area contributed by atoms with E-state index in [2.05, 4.69) is 0 Å². The average Bonchev–Trinajstić information content (AvgIpc) is 2.67. The zero-order valence-electron chi connectivity index (χ0n) is 10.9. The molecule has 6 heteroatoms. The summed E-state index contributed by atoms with van der Waals surface area (Å²) in [5.41, 5.74) is 5.59. The number of hydrogen-bond acceptors (Lipinski definition) is 4. The number of likely N-dealkylation sites (tertiary alicyclic amines) is 1. The maximum atomic E-state index is 12.2. The Balaban J connectivity index is 2.77. The molecule has 0 aromatic carbocycles. The molecule has 0 radical (unpaired) electrons. The van der Waals surface area contributed by atoms with Gasteiger partial charge in [0.2, 0.25) is 5.91 Å². The van der Waals surface area contributed by atoms with Gasteiger partial charge in [-0.3, -0.25) is 4.79 Å². The minimum absolute atomic E-state index is 0.0877. The van der Waals surface area contributed by atoms with Gasteiger partial charge in [0.15, 0.2) is 0 Å². The van der Waals surface area contributed by atoms with E-state index in [1.54, 1.807) is 0 Å². The molecule has 1 saturated heterocycles. The van der Waals surface area contributed by atoms with E-state index in [1.165, 1.54) is 4.90 Å². The number of hydrogen-bond donors (Lipinski definition) is 3. The summed E-state index contributed by atoms with van der Waals surface area (Å²) in [6.07, 6.45) is -0.0265. The second kappa shape index (κ2) is 6.15. The molecule has 4 N–H and O–H groups in total. The van der Waals surface area contributed by atoms with Crippen LogP contribution in [0.1, 0.15) is 26.7 Å². The Morgan fingerprint density at radius 2 is 2.06 bits per heavy atom. The summed E-state index contributed by atoms with van der Waals surface area (Å²) in [4.78, 5) is 24.6. The molecule has 3 atom stereocenters. The van der Waals surface area contributed by atoms with Crippen LogP contribution < -0.4 is 5.73 Å². The average molecular weight is 258 g/mol. The number of carboxylic acid groups (broad SMARTS) is 1. The van der Waals surface area contributed by atoms with Crippen molar-refractivity contribution in [3.63, 3.8) is 0 Å². The maximum absolute atomic E-state index is 12.2. The van der Waals surface area contributed by atoms with Gasteiger partial charge < -0.3 is 20.8 Å². The number of carboxylic acids is 1. The Bertz CT molecular complexity index is 319. The van der Waals surface area contributed by atoms with Gasteiger partial charge in [0, 0.05) is 19.5 Å². The highest BCUT2D eigenvalue weighted by Crippen LogP contribution is 2.23. The summed E-state index contributed by atoms with van der Waals surface area (Å²) >= 11 is 0. The van der Waals surface area contributed by atoms with Gasteiger partial charge in [-0.15, -0.1) is 0 Å². The van der Waals surface area contributed by atoms with E-state index in [4.69, 9.17) is 10.8 Å². The Morgan fingerprint density at radius 3 is 2.50 bits per heavy atom. The highest BCUT2D eigenvalue weighted by Gasteiger charge is 2.40. The molecule has 18 heavy (non-hydrogen) atoms. The third-order valence-electron chi connectivity index (χ3n) is 3.24. The van der Waals surface area contributed by atoms with Crippen LogP contribution in [-0.4, -0.2) is 52.2 Å². The van der Waals surface area contributed by atoms with Gasteiger partial charge in [-0.05, 0) is 12.3 Å². The van der Waals surface area contributed by atoms with Crippen LogP contribution >= 0.6 is 0 Å². The van der Waals surface area contributed by atoms with Crippen molar-refractivity contribution in [3.8, 4) is 0 Å². The van der Waals surface area contributed by atoms with E-state index in [0.717, 1.165) is 0 Å². The van der Waals surface area contributed by atoms with Crippen molar-refractivity contribution in [1.29, 1.82) is 0 Å². The first-order valence-electron chi connectivity index (χ1n) is 6.28. The molecule has 0 aliphatic carbocycles. The fourth-order valence-corrected chi connectivity index (χ4v) is 2.39. The number of nitrogens with two attached hydrogens (primary N) is 1. The molecule has 1 rings (SSSR count). The number of β-amino-alcohol motifs (C(OH)–C–C–N with tert-alkyl or cyclic N) is 1. The monoisotopic (exact) mass is 258 g/mol. The Morgan fingerprint density at radius 1 is 1.44 bits per heavy atom. The molecule has 0 spiro atoms. The molecule has 0 saturated carbocycles. The van der Waals surface area contributed by atoms with Crippen LogP contribution in [0.3, 0.4) is 0 Å². The number of carbonyl (C=O) groups excluding carboxylic acids is 1. The predicted molar refractivity (Wildman–Crippen MR) is 65.8 cm³/mol. The first-order chi connectivity index (χ1) is 8.36. The maximum Gasteiger partial charge on any atom is 0.326 e. The molecular weight excluding hydrogens is 236 g/mol. The topological polar surface area (TPSA) is 104 Å². The molecule has 6 nitrogen and oxygen atoms in total. The second-order valence-electron chi connectivity index (χ2n) is 5.30. The number of amides is 1. The summed E-state index contributed by atoms with van der Waals surface area (Å²) in [6.45, 7) is 4.27. The molecule has 1 aliphatic rings. The van der Waals surface area contributed by atoms with Gasteiger partial charge >= 0.3 is 5.97 Å². The molecule has 104 valence electrons. The van der Waals surface area contributed by atoms with E-state index in [0.29, 0.717) is 12.3 Å². The van der Waals surface area contributed by atoms with Crippen LogP contribution in [0.2, 0.25) is 0 Å². The highest BCUT2D eigenvalue weighted by atomic mass is 16.4. The molecular formula is C12H22N2O4. The molecule has 1 heterocycles. The van der Waals surface area contributed by atoms with E-state index < -0.39 is 18.1 Å². The Kier molecular flexibility index (Phi) is 5.10. The quantitative estimate of drug-likeness (QED) is 0.625. The summed E-state index contributed by atoms with van der Waals surface area (Å²) < 4.78 is 0. The summed E-state index contributed by atoms with van der Waals surface area (Å²) in [5.74, 6) is -1.37. The molecule has 1 fully saturated rings. The van der Waals surface area contributed by atoms with E-state index in [1.807, 2.05) is 13.8 Å². The Labute approximate surface area is 107 Å². The SMILES string of the molecule is CC(C)CC(CN)C(=O)N1CC(O)C[C@H]1C(=O)O. The van der Waals surface area contributed by atoms with Crippen molar-refractivity contribution in [2.45, 2.75) is 38.8 Å². The van der Waals surface area contributed by atoms with Gasteiger partial charge in [-0.1, -0.05) is 13.8 Å². The van der Waals surface area contributed by atoms with Crippen molar-refractivity contribution in [2.24, 2.45) is 17.6 Å². The van der Waals surface area contributed by atoms with Gasteiger partial charge in [0.05, 0.1) is 12.0 Å². The van der Waals surface area contributed by atoms with Crippen LogP contribution in [0.15, 0.2) is 0 Å². The molecule has 0 aromatic rings. The van der Waals surface area contributed by atoms with Crippen LogP contribution in [0.25, 0.3) is 0 Å². The minimum Gasteiger partial charge on any atom is -0.480 e. The number of rotatable bonds is 5. The largest absolute Gasteiger partial charge is 0.480 e. The molecule has 1 aliphatic heterocycles. The summed E-state index contributed by atoms with van der Waals surface area (Å²) in [7, 11) is 0. The lowest BCUT2D eigenvalue weighted by molar-refractivity contribution is -0.150. The zero-order valence-corrected chi connectivity index (χ0v) is 10.9. The number of aliphatic hydroxyl groups excluding tert-OH is 1. The number of aliphatic carboxylic acids is 1. The van der Waals surface area contributed by atoms with Crippen molar-refractivity contribution in [2.75, 3.05) is 13.1 Å². The lowest BCUT2D eigenvalue weighted by atomic mass is 9.95. The number of nitrogens with zero attached hydrogens (tertiary/aromatic N) is 1. The van der Waals surface area contributed by atoms with Gasteiger partial charge in [-0.2, -0.15) is 0 Å². The predicted octanol–water partition coefficient (Wildman–Crippen LogP) is -0.346. The normalized spacial score (nSPS) is 25.5. The third-order valence-corrected chi connectivity index (χ3v) is 3.24. The number of aliphatic hydroxyl groups is 1. The highest BCUT2D eigenvalue weighted by molar-refractivity contribution is 5.86. The van der Waals surface area contributed by atoms with E-state index >= 15 is 0 Å². The second-order valence-corrected chi connectivity index (χ2v) is 5.30. The van der Waals surface area contributed by atoms with Gasteiger partial charge in [-0.25, -0.2) is 4.79 Å². The standard InChI is InChI=1S/C12H22N2O4/c1-7(2)3-8(5-13)11(16)14-6-9(15)4-10(14)12(17)18/h7-10,15H,3-6,13H2,1-2H3,(H,17,18)/t8?,9?,10-/m0/s1. The van der Waals surface area contributed by atoms with Gasteiger partial charge in [0.25, 0.3) is 0 Å². The first kappa shape index (κ1) is 14.9. The van der Waals surface area contributed by atoms with Crippen LogP contribution in [0.5, 0.6) is 0 Å². The van der Waals surface area contributed by atoms with E-state index in [-0.39, 0.29) is 31.3 Å². The van der Waals surface area contributed by atoms with Crippen LogP contribution in [-0.2, 0) is 9.59 Å². The van der Waals surface area contributed by atoms with Gasteiger partial charge in [0.1, 0.15) is 6.04 Å². The van der Waals surface area contributed by atoms with Crippen molar-refractivity contribution in [3.05, 3.63) is 0 Å².